The van der Waals surface area contributed by atoms with E-state index in [0.29, 0.717) is 6.61 Å². The fourth-order valence-electron chi connectivity index (χ4n) is 1.88. The lowest BCUT2D eigenvalue weighted by atomic mass is 10.2. The number of aryl methyl sites for hydroxylation is 1. The summed E-state index contributed by atoms with van der Waals surface area (Å²) in [5.41, 5.74) is 2.79. The van der Waals surface area contributed by atoms with Crippen LogP contribution in [0.3, 0.4) is 0 Å². The number of hydrogen-bond donors (Lipinski definition) is 1. The third-order valence-electron chi connectivity index (χ3n) is 2.85. The standard InChI is InChI=1S/C13H10ClIN2O/c1-7-5-16-13-9(12(7)14)6-18-11-3-2-8(15)4-10(11)17-13/h2-5H,6H2,1H3,(H,16,17). The average Bonchev–Trinajstić information content (AvgIpc) is 2.53. The minimum Gasteiger partial charge on any atom is -0.487 e. The largest absolute Gasteiger partial charge is 0.487 e. The zero-order chi connectivity index (χ0) is 12.7. The molecule has 1 aliphatic rings. The number of ether oxygens (including phenoxy) is 1. The Morgan fingerprint density at radius 3 is 3.11 bits per heavy atom. The van der Waals surface area contributed by atoms with Gasteiger partial charge in [-0.05, 0) is 53.3 Å². The van der Waals surface area contributed by atoms with E-state index in [1.54, 1.807) is 6.20 Å². The Balaban J connectivity index is 2.12. The smallest absolute Gasteiger partial charge is 0.143 e. The minimum absolute atomic E-state index is 0.434. The van der Waals surface area contributed by atoms with E-state index in [0.717, 1.165) is 37.0 Å². The van der Waals surface area contributed by atoms with Crippen molar-refractivity contribution in [2.45, 2.75) is 13.5 Å². The van der Waals surface area contributed by atoms with Gasteiger partial charge in [0.05, 0.1) is 16.3 Å². The first-order valence-electron chi connectivity index (χ1n) is 5.48. The van der Waals surface area contributed by atoms with Crippen LogP contribution in [-0.4, -0.2) is 4.98 Å². The number of rotatable bonds is 0. The maximum atomic E-state index is 6.30. The molecule has 2 aromatic rings. The number of aromatic nitrogens is 1. The molecule has 0 radical (unpaired) electrons. The second-order valence-corrected chi connectivity index (χ2v) is 5.76. The molecule has 0 fully saturated rings. The molecule has 0 atom stereocenters. The molecular formula is C13H10ClIN2O. The highest BCUT2D eigenvalue weighted by atomic mass is 127. The number of halogens is 2. The highest BCUT2D eigenvalue weighted by Crippen LogP contribution is 2.36. The number of benzene rings is 1. The van der Waals surface area contributed by atoms with Gasteiger partial charge < -0.3 is 10.1 Å². The summed E-state index contributed by atoms with van der Waals surface area (Å²) in [6, 6.07) is 5.99. The maximum Gasteiger partial charge on any atom is 0.143 e. The van der Waals surface area contributed by atoms with Crippen molar-refractivity contribution in [2.24, 2.45) is 0 Å². The molecule has 3 rings (SSSR count). The van der Waals surface area contributed by atoms with Crippen LogP contribution in [0.15, 0.2) is 24.4 Å². The number of fused-ring (bicyclic) bond motifs is 2. The van der Waals surface area contributed by atoms with Crippen LogP contribution in [0.4, 0.5) is 11.5 Å². The fraction of sp³-hybridized carbons (Fsp3) is 0.154. The van der Waals surface area contributed by atoms with Gasteiger partial charge in [0.15, 0.2) is 0 Å². The van der Waals surface area contributed by atoms with Crippen molar-refractivity contribution in [2.75, 3.05) is 5.32 Å². The SMILES string of the molecule is Cc1cnc2c(c1Cl)COc1ccc(I)cc1N2. The lowest BCUT2D eigenvalue weighted by molar-refractivity contribution is 0.310. The van der Waals surface area contributed by atoms with Gasteiger partial charge >= 0.3 is 0 Å². The van der Waals surface area contributed by atoms with E-state index in [1.807, 2.05) is 25.1 Å². The summed E-state index contributed by atoms with van der Waals surface area (Å²) >= 11 is 8.56. The first-order valence-corrected chi connectivity index (χ1v) is 6.94. The molecule has 3 nitrogen and oxygen atoms in total. The van der Waals surface area contributed by atoms with Gasteiger partial charge in [-0.2, -0.15) is 0 Å². The molecule has 0 saturated heterocycles. The quantitative estimate of drug-likeness (QED) is 0.701. The maximum absolute atomic E-state index is 6.30. The van der Waals surface area contributed by atoms with E-state index in [4.69, 9.17) is 16.3 Å². The van der Waals surface area contributed by atoms with Crippen LogP contribution in [0.1, 0.15) is 11.1 Å². The number of anilines is 2. The molecule has 92 valence electrons. The summed E-state index contributed by atoms with van der Waals surface area (Å²) in [7, 11) is 0. The van der Waals surface area contributed by atoms with Gasteiger partial charge in [-0.1, -0.05) is 11.6 Å². The van der Waals surface area contributed by atoms with E-state index in [9.17, 15) is 0 Å². The predicted molar refractivity (Wildman–Crippen MR) is 80.8 cm³/mol. The molecule has 0 unspecified atom stereocenters. The first kappa shape index (κ1) is 12.0. The van der Waals surface area contributed by atoms with Crippen molar-refractivity contribution < 1.29 is 4.74 Å². The fourth-order valence-corrected chi connectivity index (χ4v) is 2.56. The van der Waals surface area contributed by atoms with Crippen LogP contribution in [0, 0.1) is 10.5 Å². The van der Waals surface area contributed by atoms with Crippen LogP contribution < -0.4 is 10.1 Å². The summed E-state index contributed by atoms with van der Waals surface area (Å²) < 4.78 is 6.92. The summed E-state index contributed by atoms with van der Waals surface area (Å²) in [4.78, 5) is 4.39. The van der Waals surface area contributed by atoms with E-state index < -0.39 is 0 Å². The molecule has 1 aromatic carbocycles. The normalized spacial score (nSPS) is 12.8. The summed E-state index contributed by atoms with van der Waals surface area (Å²) in [6.07, 6.45) is 1.77. The molecule has 1 aromatic heterocycles. The Labute approximate surface area is 124 Å². The van der Waals surface area contributed by atoms with E-state index >= 15 is 0 Å². The molecule has 1 N–H and O–H groups in total. The second-order valence-electron chi connectivity index (χ2n) is 4.14. The molecule has 0 saturated carbocycles. The van der Waals surface area contributed by atoms with Gasteiger partial charge in [-0.3, -0.25) is 0 Å². The monoisotopic (exact) mass is 372 g/mol. The van der Waals surface area contributed by atoms with Crippen LogP contribution in [0.5, 0.6) is 5.75 Å². The Hall–Kier alpha value is -1.01. The third kappa shape index (κ3) is 2.03. The Morgan fingerprint density at radius 2 is 2.28 bits per heavy atom. The molecule has 0 bridgehead atoms. The summed E-state index contributed by atoms with van der Waals surface area (Å²) in [6.45, 7) is 2.38. The topological polar surface area (TPSA) is 34.1 Å². The first-order chi connectivity index (χ1) is 8.65. The Morgan fingerprint density at radius 1 is 1.44 bits per heavy atom. The van der Waals surface area contributed by atoms with Crippen molar-refractivity contribution >= 4 is 45.7 Å². The molecule has 0 spiro atoms. The van der Waals surface area contributed by atoms with Crippen LogP contribution in [0.2, 0.25) is 5.02 Å². The van der Waals surface area contributed by atoms with Crippen molar-refractivity contribution in [3.05, 3.63) is 44.1 Å². The number of hydrogen-bond acceptors (Lipinski definition) is 3. The molecule has 0 amide bonds. The van der Waals surface area contributed by atoms with Gasteiger partial charge in [-0.25, -0.2) is 4.98 Å². The highest BCUT2D eigenvalue weighted by molar-refractivity contribution is 14.1. The summed E-state index contributed by atoms with van der Waals surface area (Å²) in [5.74, 6) is 1.59. The van der Waals surface area contributed by atoms with Gasteiger partial charge in [0.2, 0.25) is 0 Å². The second kappa shape index (κ2) is 4.59. The lowest BCUT2D eigenvalue weighted by Crippen LogP contribution is -1.99. The molecular weight excluding hydrogens is 363 g/mol. The van der Waals surface area contributed by atoms with Gasteiger partial charge in [-0.15, -0.1) is 0 Å². The van der Waals surface area contributed by atoms with Gasteiger partial charge in [0.25, 0.3) is 0 Å². The van der Waals surface area contributed by atoms with Gasteiger partial charge in [0.1, 0.15) is 18.2 Å². The van der Waals surface area contributed by atoms with E-state index in [-0.39, 0.29) is 0 Å². The van der Waals surface area contributed by atoms with Gasteiger partial charge in [0, 0.05) is 9.77 Å². The lowest BCUT2D eigenvalue weighted by Gasteiger charge is -2.09. The summed E-state index contributed by atoms with van der Waals surface area (Å²) in [5, 5.41) is 4.00. The van der Waals surface area contributed by atoms with Crippen molar-refractivity contribution in [3.63, 3.8) is 0 Å². The van der Waals surface area contributed by atoms with Crippen molar-refractivity contribution in [1.29, 1.82) is 0 Å². The minimum atomic E-state index is 0.434. The Bertz CT molecular complexity index is 631. The number of nitrogens with one attached hydrogen (secondary N) is 1. The number of nitrogens with zero attached hydrogens (tertiary/aromatic N) is 1. The van der Waals surface area contributed by atoms with Crippen molar-refractivity contribution in [3.8, 4) is 5.75 Å². The third-order valence-corrected chi connectivity index (χ3v) is 4.05. The predicted octanol–water partition coefficient (Wildman–Crippen LogP) is 4.28. The van der Waals surface area contributed by atoms with Crippen molar-refractivity contribution in [1.82, 2.24) is 4.98 Å². The van der Waals surface area contributed by atoms with Crippen LogP contribution in [0.25, 0.3) is 0 Å². The molecule has 0 aliphatic carbocycles. The molecule has 5 heteroatoms. The van der Waals surface area contributed by atoms with Crippen LogP contribution in [-0.2, 0) is 6.61 Å². The number of pyridine rings is 1. The zero-order valence-electron chi connectivity index (χ0n) is 9.63. The Kier molecular flexibility index (Phi) is 3.07. The van der Waals surface area contributed by atoms with Crippen LogP contribution >= 0.6 is 34.2 Å². The molecule has 2 heterocycles. The van der Waals surface area contributed by atoms with E-state index in [1.165, 1.54) is 0 Å². The molecule has 18 heavy (non-hydrogen) atoms. The van der Waals surface area contributed by atoms with E-state index in [2.05, 4.69) is 32.9 Å². The zero-order valence-corrected chi connectivity index (χ0v) is 12.5. The molecule has 1 aliphatic heterocycles. The highest BCUT2D eigenvalue weighted by Gasteiger charge is 2.18. The average molecular weight is 373 g/mol.